The lowest BCUT2D eigenvalue weighted by Crippen LogP contribution is -2.10. The summed E-state index contributed by atoms with van der Waals surface area (Å²) in [5, 5.41) is 0. The number of hydrogen-bond acceptors (Lipinski definition) is 4. The normalized spacial score (nSPS) is 20.3. The number of ether oxygens (including phenoxy) is 4. The van der Waals surface area contributed by atoms with E-state index in [1.807, 2.05) is 38.1 Å². The minimum absolute atomic E-state index is 0.0370. The Morgan fingerprint density at radius 2 is 1.20 bits per heavy atom. The Hall–Kier alpha value is -1.20. The maximum atomic E-state index is 5.41. The lowest BCUT2D eigenvalue weighted by atomic mass is 10.1. The van der Waals surface area contributed by atoms with Crippen molar-refractivity contribution in [1.82, 2.24) is 0 Å². The van der Waals surface area contributed by atoms with Crippen LogP contribution in [-0.2, 0) is 32.2 Å². The van der Waals surface area contributed by atoms with Crippen LogP contribution in [0.4, 0.5) is 0 Å². The first kappa shape index (κ1) is 15.2. The van der Waals surface area contributed by atoms with Crippen LogP contribution in [0, 0.1) is 0 Å². The molecule has 3 rings (SSSR count). The van der Waals surface area contributed by atoms with Gasteiger partial charge >= 0.3 is 0 Å². The molecule has 0 N–H and O–H groups in total. The molecule has 0 bridgehead atoms. The third-order valence-electron chi connectivity index (χ3n) is 3.09. The Morgan fingerprint density at radius 3 is 1.70 bits per heavy atom. The van der Waals surface area contributed by atoms with Gasteiger partial charge in [-0.25, -0.2) is 0 Å². The van der Waals surface area contributed by atoms with Gasteiger partial charge < -0.3 is 18.9 Å². The van der Waals surface area contributed by atoms with E-state index in [0.717, 1.165) is 0 Å². The van der Waals surface area contributed by atoms with Crippen LogP contribution in [0.5, 0.6) is 0 Å². The second-order valence-corrected chi connectivity index (χ2v) is 4.66. The number of fused-ring (bicyclic) bond motifs is 1. The fourth-order valence-electron chi connectivity index (χ4n) is 1.87. The van der Waals surface area contributed by atoms with Crippen LogP contribution >= 0.6 is 0 Å². The lowest BCUT2D eigenvalue weighted by Gasteiger charge is -2.07. The van der Waals surface area contributed by atoms with Gasteiger partial charge in [-0.15, -0.1) is 0 Å². The maximum Gasteiger partial charge on any atom is 0.155 e. The fourth-order valence-corrected chi connectivity index (χ4v) is 1.87. The largest absolute Gasteiger partial charge is 0.349 e. The van der Waals surface area contributed by atoms with Gasteiger partial charge in [0.2, 0.25) is 0 Å². The summed E-state index contributed by atoms with van der Waals surface area (Å²) in [4.78, 5) is 0. The first-order valence-corrected chi connectivity index (χ1v) is 6.94. The van der Waals surface area contributed by atoms with Crippen molar-refractivity contribution in [3.63, 3.8) is 0 Å². The van der Waals surface area contributed by atoms with Crippen LogP contribution in [0.3, 0.4) is 0 Å². The molecule has 1 aromatic rings. The molecule has 0 spiro atoms. The van der Waals surface area contributed by atoms with Gasteiger partial charge in [0.05, 0.1) is 26.4 Å². The van der Waals surface area contributed by atoms with E-state index < -0.39 is 0 Å². The zero-order valence-electron chi connectivity index (χ0n) is 12.1. The van der Waals surface area contributed by atoms with Crippen molar-refractivity contribution in [3.8, 4) is 0 Å². The van der Waals surface area contributed by atoms with Crippen LogP contribution < -0.4 is 0 Å². The van der Waals surface area contributed by atoms with Crippen molar-refractivity contribution in [2.24, 2.45) is 0 Å². The molecule has 2 aliphatic heterocycles. The van der Waals surface area contributed by atoms with Gasteiger partial charge in [-0.2, -0.15) is 0 Å². The Labute approximate surface area is 120 Å². The Bertz CT molecular complexity index is 393. The summed E-state index contributed by atoms with van der Waals surface area (Å²) in [6.45, 7) is 6.51. The second-order valence-electron chi connectivity index (χ2n) is 4.66. The predicted octanol–water partition coefficient (Wildman–Crippen LogP) is 3.01. The van der Waals surface area contributed by atoms with E-state index in [4.69, 9.17) is 18.9 Å². The standard InChI is InChI=1S/C10H12O2.C6H10O2/c1-8-11-6-9-4-2-3-5-10(9)7-12-8;1-6-7-4-2-3-5-8-6/h2-5,8H,6-7H2,1H3;2-3,6H,4-5H2,1H3. The molecule has 0 aromatic heterocycles. The molecule has 0 unspecified atom stereocenters. The van der Waals surface area contributed by atoms with Gasteiger partial charge in [0.15, 0.2) is 12.6 Å². The summed E-state index contributed by atoms with van der Waals surface area (Å²) in [7, 11) is 0. The van der Waals surface area contributed by atoms with Gasteiger partial charge in [-0.1, -0.05) is 36.4 Å². The highest BCUT2D eigenvalue weighted by Gasteiger charge is 2.11. The van der Waals surface area contributed by atoms with Crippen LogP contribution in [0.25, 0.3) is 0 Å². The van der Waals surface area contributed by atoms with Crippen molar-refractivity contribution < 1.29 is 18.9 Å². The molecule has 4 heteroatoms. The van der Waals surface area contributed by atoms with Crippen molar-refractivity contribution in [2.45, 2.75) is 39.6 Å². The zero-order valence-corrected chi connectivity index (χ0v) is 12.1. The molecule has 1 aromatic carbocycles. The molecule has 0 aliphatic carbocycles. The van der Waals surface area contributed by atoms with Gasteiger partial charge in [-0.05, 0) is 25.0 Å². The van der Waals surface area contributed by atoms with Crippen LogP contribution in [-0.4, -0.2) is 25.8 Å². The minimum atomic E-state index is -0.0857. The SMILES string of the molecule is CC1OCC=CCO1.CC1OCc2ccccc2CO1. The van der Waals surface area contributed by atoms with Crippen LogP contribution in [0.2, 0.25) is 0 Å². The van der Waals surface area contributed by atoms with Gasteiger partial charge in [0.25, 0.3) is 0 Å². The molecule has 2 heterocycles. The fraction of sp³-hybridized carbons (Fsp3) is 0.500. The van der Waals surface area contributed by atoms with Crippen molar-refractivity contribution in [1.29, 1.82) is 0 Å². The highest BCUT2D eigenvalue weighted by Crippen LogP contribution is 2.17. The smallest absolute Gasteiger partial charge is 0.155 e. The molecule has 20 heavy (non-hydrogen) atoms. The average molecular weight is 278 g/mol. The molecular formula is C16H22O4. The van der Waals surface area contributed by atoms with E-state index in [0.29, 0.717) is 26.4 Å². The molecule has 0 radical (unpaired) electrons. The summed E-state index contributed by atoms with van der Waals surface area (Å²) in [5.41, 5.74) is 2.48. The first-order valence-electron chi connectivity index (χ1n) is 6.94. The van der Waals surface area contributed by atoms with Gasteiger partial charge in [0.1, 0.15) is 0 Å². The van der Waals surface area contributed by atoms with E-state index in [-0.39, 0.29) is 12.6 Å². The number of hydrogen-bond donors (Lipinski definition) is 0. The molecule has 0 atom stereocenters. The van der Waals surface area contributed by atoms with Crippen molar-refractivity contribution in [2.75, 3.05) is 13.2 Å². The van der Waals surface area contributed by atoms with Gasteiger partial charge in [0, 0.05) is 0 Å². The quantitative estimate of drug-likeness (QED) is 0.684. The van der Waals surface area contributed by atoms with E-state index >= 15 is 0 Å². The molecule has 0 fully saturated rings. The monoisotopic (exact) mass is 278 g/mol. The summed E-state index contributed by atoms with van der Waals surface area (Å²) in [6.07, 6.45) is 3.80. The highest BCUT2D eigenvalue weighted by atomic mass is 16.7. The molecule has 0 saturated carbocycles. The second kappa shape index (κ2) is 8.17. The maximum absolute atomic E-state index is 5.41. The van der Waals surface area contributed by atoms with Crippen LogP contribution in [0.1, 0.15) is 25.0 Å². The van der Waals surface area contributed by atoms with E-state index in [2.05, 4.69) is 12.1 Å². The number of benzene rings is 1. The summed E-state index contributed by atoms with van der Waals surface area (Å²) >= 11 is 0. The molecule has 2 aliphatic rings. The minimum Gasteiger partial charge on any atom is -0.349 e. The highest BCUT2D eigenvalue weighted by molar-refractivity contribution is 5.26. The third kappa shape index (κ3) is 5.06. The molecule has 110 valence electrons. The van der Waals surface area contributed by atoms with E-state index in [1.54, 1.807) is 0 Å². The molecular weight excluding hydrogens is 256 g/mol. The Morgan fingerprint density at radius 1 is 0.750 bits per heavy atom. The molecule has 4 nitrogen and oxygen atoms in total. The number of rotatable bonds is 0. The zero-order chi connectivity index (χ0) is 14.2. The lowest BCUT2D eigenvalue weighted by molar-refractivity contribution is -0.136. The molecule has 0 saturated heterocycles. The topological polar surface area (TPSA) is 36.9 Å². The Balaban J connectivity index is 0.000000160. The van der Waals surface area contributed by atoms with Crippen molar-refractivity contribution >= 4 is 0 Å². The van der Waals surface area contributed by atoms with Crippen molar-refractivity contribution in [3.05, 3.63) is 47.5 Å². The third-order valence-corrected chi connectivity index (χ3v) is 3.09. The van der Waals surface area contributed by atoms with E-state index in [9.17, 15) is 0 Å². The summed E-state index contributed by atoms with van der Waals surface area (Å²) in [6, 6.07) is 8.21. The van der Waals surface area contributed by atoms with E-state index in [1.165, 1.54) is 11.1 Å². The first-order chi connectivity index (χ1) is 9.75. The van der Waals surface area contributed by atoms with Gasteiger partial charge in [-0.3, -0.25) is 0 Å². The van der Waals surface area contributed by atoms with Crippen LogP contribution in [0.15, 0.2) is 36.4 Å². The summed E-state index contributed by atoms with van der Waals surface area (Å²) in [5.74, 6) is 0. The average Bonchev–Trinajstić information content (AvgIpc) is 2.81. The summed E-state index contributed by atoms with van der Waals surface area (Å²) < 4.78 is 21.0. The Kier molecular flexibility index (Phi) is 6.21. The predicted molar refractivity (Wildman–Crippen MR) is 76.0 cm³/mol. The molecule has 0 amide bonds.